The van der Waals surface area contributed by atoms with Crippen LogP contribution < -0.4 is 5.36 Å². The van der Waals surface area contributed by atoms with Gasteiger partial charge in [0.05, 0.1) is 5.36 Å². The summed E-state index contributed by atoms with van der Waals surface area (Å²) in [6.07, 6.45) is 2.07. The maximum atomic E-state index is 13.9. The first kappa shape index (κ1) is 24.4. The maximum Gasteiger partial charge on any atom is 0.123 e. The number of benzene rings is 2. The molecule has 2 aromatic carbocycles. The summed E-state index contributed by atoms with van der Waals surface area (Å²) in [6, 6.07) is 13.4. The van der Waals surface area contributed by atoms with Gasteiger partial charge in [0.2, 0.25) is 0 Å². The van der Waals surface area contributed by atoms with Crippen molar-refractivity contribution >= 4 is 33.8 Å². The Morgan fingerprint density at radius 3 is 2.30 bits per heavy atom. The highest BCUT2D eigenvalue weighted by atomic mass is 35.5. The molecule has 0 amide bonds. The molecule has 0 radical (unpaired) electrons. The second-order valence-electron chi connectivity index (χ2n) is 7.29. The Morgan fingerprint density at radius 1 is 0.967 bits per heavy atom. The zero-order valence-electron chi connectivity index (χ0n) is 17.7. The molecule has 1 atom stereocenters. The Hall–Kier alpha value is -1.82. The Morgan fingerprint density at radius 2 is 1.63 bits per heavy atom. The molecule has 30 heavy (non-hydrogen) atoms. The SMILES string of the molecule is CCN(CC)CCCC(C)N=c1cc(-c2ccc(F)cc2)sc2ccc(F)cc12.Cl. The van der Waals surface area contributed by atoms with Crippen molar-refractivity contribution < 1.29 is 8.78 Å². The van der Waals surface area contributed by atoms with Crippen LogP contribution in [0.2, 0.25) is 0 Å². The molecule has 6 heteroatoms. The van der Waals surface area contributed by atoms with Gasteiger partial charge in [-0.2, -0.15) is 0 Å². The van der Waals surface area contributed by atoms with Crippen molar-refractivity contribution in [1.82, 2.24) is 4.90 Å². The minimum Gasteiger partial charge on any atom is -0.304 e. The van der Waals surface area contributed by atoms with E-state index in [0.29, 0.717) is 0 Å². The highest BCUT2D eigenvalue weighted by Crippen LogP contribution is 2.28. The van der Waals surface area contributed by atoms with Gasteiger partial charge >= 0.3 is 0 Å². The fraction of sp³-hybridized carbons (Fsp3) is 0.375. The average Bonchev–Trinajstić information content (AvgIpc) is 2.72. The number of fused-ring (bicyclic) bond motifs is 1. The number of rotatable bonds is 8. The number of nitrogens with zero attached hydrogens (tertiary/aromatic N) is 2. The molecule has 0 aliphatic carbocycles. The van der Waals surface area contributed by atoms with Gasteiger partial charge in [-0.05, 0) is 81.4 Å². The molecule has 0 spiro atoms. The van der Waals surface area contributed by atoms with E-state index >= 15 is 0 Å². The van der Waals surface area contributed by atoms with Crippen LogP contribution in [0.4, 0.5) is 8.78 Å². The van der Waals surface area contributed by atoms with Gasteiger partial charge < -0.3 is 4.90 Å². The van der Waals surface area contributed by atoms with Crippen molar-refractivity contribution in [2.45, 2.75) is 39.7 Å². The van der Waals surface area contributed by atoms with E-state index in [1.54, 1.807) is 35.6 Å². The van der Waals surface area contributed by atoms with Crippen LogP contribution in [-0.2, 0) is 0 Å². The van der Waals surface area contributed by atoms with E-state index in [1.165, 1.54) is 18.2 Å². The third-order valence-electron chi connectivity index (χ3n) is 5.18. The van der Waals surface area contributed by atoms with Gasteiger partial charge in [-0.15, -0.1) is 23.7 Å². The Bertz CT molecular complexity index is 1010. The maximum absolute atomic E-state index is 13.9. The lowest BCUT2D eigenvalue weighted by Crippen LogP contribution is -2.24. The van der Waals surface area contributed by atoms with Gasteiger partial charge in [0.1, 0.15) is 11.6 Å². The number of halogens is 3. The molecule has 2 nitrogen and oxygen atoms in total. The first-order valence-electron chi connectivity index (χ1n) is 10.3. The summed E-state index contributed by atoms with van der Waals surface area (Å²) in [5.41, 5.74) is 0.938. The van der Waals surface area contributed by atoms with Crippen LogP contribution in [0.3, 0.4) is 0 Å². The van der Waals surface area contributed by atoms with Gasteiger partial charge in [-0.3, -0.25) is 4.99 Å². The molecule has 3 aromatic rings. The highest BCUT2D eigenvalue weighted by molar-refractivity contribution is 7.21. The van der Waals surface area contributed by atoms with Crippen LogP contribution >= 0.6 is 23.7 Å². The molecule has 1 unspecified atom stereocenters. The number of hydrogen-bond acceptors (Lipinski definition) is 3. The van der Waals surface area contributed by atoms with Crippen molar-refractivity contribution in [3.63, 3.8) is 0 Å². The van der Waals surface area contributed by atoms with Gasteiger partial charge in [0.15, 0.2) is 0 Å². The summed E-state index contributed by atoms with van der Waals surface area (Å²) < 4.78 is 28.2. The summed E-state index contributed by atoms with van der Waals surface area (Å²) in [7, 11) is 0. The zero-order chi connectivity index (χ0) is 20.8. The van der Waals surface area contributed by atoms with Crippen LogP contribution in [0.25, 0.3) is 20.5 Å². The predicted molar refractivity (Wildman–Crippen MR) is 126 cm³/mol. The topological polar surface area (TPSA) is 15.6 Å². The van der Waals surface area contributed by atoms with Crippen molar-refractivity contribution in [3.8, 4) is 10.4 Å². The van der Waals surface area contributed by atoms with E-state index in [9.17, 15) is 8.78 Å². The molecule has 162 valence electrons. The zero-order valence-corrected chi connectivity index (χ0v) is 19.3. The Labute approximate surface area is 187 Å². The second kappa shape index (κ2) is 11.5. The first-order valence-corrected chi connectivity index (χ1v) is 11.1. The standard InChI is InChI=1S/C24H28F2N2S.ClH/c1-4-28(5-2)14-6-7-17(3)27-22-16-24(18-8-10-19(25)11-9-18)29-23-13-12-20(26)15-21(22)23;/h8-13,15-17H,4-7,14H2,1-3H3;1H. The molecule has 0 bridgehead atoms. The second-order valence-corrected chi connectivity index (χ2v) is 8.37. The average molecular weight is 451 g/mol. The van der Waals surface area contributed by atoms with E-state index in [0.717, 1.165) is 58.4 Å². The minimum atomic E-state index is -0.259. The molecule has 0 N–H and O–H groups in total. The van der Waals surface area contributed by atoms with Gasteiger partial charge in [0.25, 0.3) is 0 Å². The van der Waals surface area contributed by atoms with Crippen molar-refractivity contribution in [1.29, 1.82) is 0 Å². The molecule has 0 aliphatic rings. The van der Waals surface area contributed by atoms with E-state index in [4.69, 9.17) is 4.99 Å². The summed E-state index contributed by atoms with van der Waals surface area (Å²) in [6.45, 7) is 9.67. The van der Waals surface area contributed by atoms with Gasteiger partial charge in [0, 0.05) is 21.0 Å². The fourth-order valence-corrected chi connectivity index (χ4v) is 4.53. The summed E-state index contributed by atoms with van der Waals surface area (Å²) in [4.78, 5) is 8.34. The molecular formula is C24H29ClF2N2S. The fourth-order valence-electron chi connectivity index (χ4n) is 3.46. The largest absolute Gasteiger partial charge is 0.304 e. The van der Waals surface area contributed by atoms with Crippen LogP contribution in [0, 0.1) is 11.6 Å². The molecule has 1 aromatic heterocycles. The molecule has 3 rings (SSSR count). The lowest BCUT2D eigenvalue weighted by Gasteiger charge is -2.18. The van der Waals surface area contributed by atoms with Crippen molar-refractivity contribution in [3.05, 3.63) is 65.5 Å². The smallest absolute Gasteiger partial charge is 0.123 e. The van der Waals surface area contributed by atoms with Crippen LogP contribution in [0.1, 0.15) is 33.6 Å². The quantitative estimate of drug-likeness (QED) is 0.373. The van der Waals surface area contributed by atoms with Crippen LogP contribution in [0.15, 0.2) is 53.5 Å². The summed E-state index contributed by atoms with van der Waals surface area (Å²) in [5, 5.41) is 1.63. The van der Waals surface area contributed by atoms with Gasteiger partial charge in [-0.1, -0.05) is 26.0 Å². The monoisotopic (exact) mass is 450 g/mol. The lowest BCUT2D eigenvalue weighted by atomic mass is 10.1. The molecule has 0 saturated carbocycles. The normalized spacial score (nSPS) is 12.9. The molecule has 1 heterocycles. The first-order chi connectivity index (χ1) is 14.0. The molecular weight excluding hydrogens is 422 g/mol. The molecule has 0 aliphatic heterocycles. The number of hydrogen-bond donors (Lipinski definition) is 0. The van der Waals surface area contributed by atoms with E-state index in [-0.39, 0.29) is 30.1 Å². The van der Waals surface area contributed by atoms with E-state index in [2.05, 4.69) is 25.7 Å². The van der Waals surface area contributed by atoms with Crippen LogP contribution in [-0.4, -0.2) is 30.6 Å². The predicted octanol–water partition coefficient (Wildman–Crippen LogP) is 6.68. The molecule has 0 saturated heterocycles. The molecule has 0 fully saturated rings. The van der Waals surface area contributed by atoms with E-state index in [1.807, 2.05) is 6.07 Å². The Kier molecular flexibility index (Phi) is 9.40. The van der Waals surface area contributed by atoms with Crippen molar-refractivity contribution in [2.24, 2.45) is 4.99 Å². The van der Waals surface area contributed by atoms with Gasteiger partial charge in [-0.25, -0.2) is 8.78 Å². The summed E-state index contributed by atoms with van der Waals surface area (Å²) >= 11 is 1.57. The summed E-state index contributed by atoms with van der Waals surface area (Å²) in [5.74, 6) is -0.516. The minimum absolute atomic E-state index is 0. The Balaban J connectivity index is 0.00000320. The lowest BCUT2D eigenvalue weighted by molar-refractivity contribution is 0.294. The highest BCUT2D eigenvalue weighted by Gasteiger charge is 2.08. The third kappa shape index (κ3) is 6.34. The van der Waals surface area contributed by atoms with Crippen LogP contribution in [0.5, 0.6) is 0 Å². The third-order valence-corrected chi connectivity index (χ3v) is 6.33. The van der Waals surface area contributed by atoms with E-state index < -0.39 is 0 Å². The van der Waals surface area contributed by atoms with Crippen molar-refractivity contribution in [2.75, 3.05) is 19.6 Å².